The Hall–Kier alpha value is -2.43. The van der Waals surface area contributed by atoms with Gasteiger partial charge in [-0.15, -0.1) is 0 Å². The van der Waals surface area contributed by atoms with Crippen LogP contribution in [0.4, 0.5) is 0 Å². The van der Waals surface area contributed by atoms with E-state index >= 15 is 0 Å². The maximum Gasteiger partial charge on any atom is 0.227 e. The Morgan fingerprint density at radius 1 is 1.41 bits per heavy atom. The summed E-state index contributed by atoms with van der Waals surface area (Å²) in [6.07, 6.45) is 4.41. The summed E-state index contributed by atoms with van der Waals surface area (Å²) >= 11 is 0. The van der Waals surface area contributed by atoms with Gasteiger partial charge in [-0.25, -0.2) is 9.97 Å². The molecule has 2 aromatic rings. The normalized spacial score (nSPS) is 17.5. The number of aryl methyl sites for hydroxylation is 1. The van der Waals surface area contributed by atoms with Crippen LogP contribution in [0.1, 0.15) is 17.5 Å². The number of nitrogens with zero attached hydrogens (tertiary/aromatic N) is 3. The Balaban J connectivity index is 1.55. The molecule has 1 aliphatic rings. The Morgan fingerprint density at radius 3 is 3.09 bits per heavy atom. The first kappa shape index (κ1) is 14.5. The number of hydrogen-bond acceptors (Lipinski definition) is 4. The van der Waals surface area contributed by atoms with Crippen LogP contribution in [0, 0.1) is 6.92 Å². The van der Waals surface area contributed by atoms with Crippen LogP contribution < -0.4 is 4.74 Å². The summed E-state index contributed by atoms with van der Waals surface area (Å²) in [4.78, 5) is 22.2. The first-order valence-electron chi connectivity index (χ1n) is 7.47. The molecule has 1 fully saturated rings. The third kappa shape index (κ3) is 3.61. The van der Waals surface area contributed by atoms with E-state index in [1.807, 2.05) is 30.0 Å². The van der Waals surface area contributed by atoms with E-state index in [2.05, 4.69) is 16.0 Å². The molecule has 1 saturated heterocycles. The smallest absolute Gasteiger partial charge is 0.227 e. The predicted molar refractivity (Wildman–Crippen MR) is 82.5 cm³/mol. The number of carbonyl (C=O) groups is 1. The number of likely N-dealkylation sites (tertiary alicyclic amines) is 1. The van der Waals surface area contributed by atoms with Crippen LogP contribution in [-0.2, 0) is 11.2 Å². The molecule has 0 aliphatic carbocycles. The summed E-state index contributed by atoms with van der Waals surface area (Å²) in [5, 5.41) is 0. The average Bonchev–Trinajstić information content (AvgIpc) is 2.97. The molecule has 3 rings (SSSR count). The fraction of sp³-hybridized carbons (Fsp3) is 0.353. The highest BCUT2D eigenvalue weighted by Crippen LogP contribution is 2.17. The second kappa shape index (κ2) is 6.56. The van der Waals surface area contributed by atoms with Crippen molar-refractivity contribution >= 4 is 5.91 Å². The van der Waals surface area contributed by atoms with Crippen molar-refractivity contribution < 1.29 is 9.53 Å². The molecular weight excluding hydrogens is 278 g/mol. The number of carbonyl (C=O) groups excluding carboxylic acids is 1. The lowest BCUT2D eigenvalue weighted by Gasteiger charge is -2.17. The Morgan fingerprint density at radius 2 is 2.32 bits per heavy atom. The summed E-state index contributed by atoms with van der Waals surface area (Å²) in [5.41, 5.74) is 2.24. The van der Waals surface area contributed by atoms with Gasteiger partial charge in [0.05, 0.1) is 13.0 Å². The van der Waals surface area contributed by atoms with E-state index in [-0.39, 0.29) is 12.0 Å². The molecule has 0 spiro atoms. The molecule has 5 heteroatoms. The van der Waals surface area contributed by atoms with Crippen LogP contribution in [0.2, 0.25) is 0 Å². The number of amides is 1. The molecule has 0 saturated carbocycles. The van der Waals surface area contributed by atoms with Crippen molar-refractivity contribution in [1.82, 2.24) is 14.9 Å². The molecule has 1 aliphatic heterocycles. The average molecular weight is 297 g/mol. The summed E-state index contributed by atoms with van der Waals surface area (Å²) in [6, 6.07) is 9.81. The van der Waals surface area contributed by atoms with Gasteiger partial charge in [-0.3, -0.25) is 4.79 Å². The van der Waals surface area contributed by atoms with Crippen molar-refractivity contribution in [2.75, 3.05) is 13.1 Å². The maximum atomic E-state index is 12.4. The molecule has 22 heavy (non-hydrogen) atoms. The van der Waals surface area contributed by atoms with Crippen LogP contribution >= 0.6 is 0 Å². The largest absolute Gasteiger partial charge is 0.472 e. The van der Waals surface area contributed by atoms with Crippen LogP contribution in [0.3, 0.4) is 0 Å². The van der Waals surface area contributed by atoms with Gasteiger partial charge in [0, 0.05) is 25.2 Å². The van der Waals surface area contributed by atoms with Gasteiger partial charge < -0.3 is 9.64 Å². The highest BCUT2D eigenvalue weighted by atomic mass is 16.5. The van der Waals surface area contributed by atoms with E-state index in [0.717, 1.165) is 18.5 Å². The zero-order valence-electron chi connectivity index (χ0n) is 12.6. The molecule has 1 aromatic carbocycles. The van der Waals surface area contributed by atoms with E-state index in [0.29, 0.717) is 18.8 Å². The van der Waals surface area contributed by atoms with Gasteiger partial charge in [-0.1, -0.05) is 29.8 Å². The third-order valence-corrected chi connectivity index (χ3v) is 3.78. The molecule has 5 nitrogen and oxygen atoms in total. The SMILES string of the molecule is Cc1cccc(CC(=O)N2CC[C@H](Oc3ccncn3)C2)c1. The Kier molecular flexibility index (Phi) is 4.32. The molecule has 0 radical (unpaired) electrons. The van der Waals surface area contributed by atoms with E-state index in [1.165, 1.54) is 11.9 Å². The van der Waals surface area contributed by atoms with Crippen LogP contribution in [0.25, 0.3) is 0 Å². The van der Waals surface area contributed by atoms with Gasteiger partial charge in [0.1, 0.15) is 12.4 Å². The highest BCUT2D eigenvalue weighted by molar-refractivity contribution is 5.79. The molecule has 2 heterocycles. The van der Waals surface area contributed by atoms with E-state index < -0.39 is 0 Å². The summed E-state index contributed by atoms with van der Waals surface area (Å²) in [5.74, 6) is 0.715. The molecular formula is C17H19N3O2. The fourth-order valence-corrected chi connectivity index (χ4v) is 2.68. The van der Waals surface area contributed by atoms with E-state index in [1.54, 1.807) is 12.3 Å². The predicted octanol–water partition coefficient (Wildman–Crippen LogP) is 2.01. The second-order valence-corrected chi connectivity index (χ2v) is 5.58. The number of aromatic nitrogens is 2. The zero-order valence-corrected chi connectivity index (χ0v) is 12.6. The van der Waals surface area contributed by atoms with Crippen molar-refractivity contribution in [3.63, 3.8) is 0 Å². The van der Waals surface area contributed by atoms with Gasteiger partial charge >= 0.3 is 0 Å². The quantitative estimate of drug-likeness (QED) is 0.866. The summed E-state index contributed by atoms with van der Waals surface area (Å²) in [6.45, 7) is 3.39. The van der Waals surface area contributed by atoms with E-state index in [4.69, 9.17) is 4.74 Å². The van der Waals surface area contributed by atoms with Crippen LogP contribution in [-0.4, -0.2) is 40.0 Å². The molecule has 0 N–H and O–H groups in total. The lowest BCUT2D eigenvalue weighted by Crippen LogP contribution is -2.32. The van der Waals surface area contributed by atoms with Crippen molar-refractivity contribution in [3.05, 3.63) is 54.0 Å². The molecule has 114 valence electrons. The minimum atomic E-state index is 0.0105. The van der Waals surface area contributed by atoms with Crippen molar-refractivity contribution in [3.8, 4) is 5.88 Å². The number of rotatable bonds is 4. The maximum absolute atomic E-state index is 12.4. The van der Waals surface area contributed by atoms with Gasteiger partial charge in [-0.2, -0.15) is 0 Å². The highest BCUT2D eigenvalue weighted by Gasteiger charge is 2.27. The molecule has 1 amide bonds. The standard InChI is InChI=1S/C17H19N3O2/c1-13-3-2-4-14(9-13)10-17(21)20-8-6-15(11-20)22-16-5-7-18-12-19-16/h2-5,7,9,12,15H,6,8,10-11H2,1H3/t15-/m0/s1. The second-order valence-electron chi connectivity index (χ2n) is 5.58. The lowest BCUT2D eigenvalue weighted by atomic mass is 10.1. The van der Waals surface area contributed by atoms with Crippen molar-refractivity contribution in [2.24, 2.45) is 0 Å². The van der Waals surface area contributed by atoms with E-state index in [9.17, 15) is 4.79 Å². The van der Waals surface area contributed by atoms with Gasteiger partial charge in [0.2, 0.25) is 11.8 Å². The molecule has 0 bridgehead atoms. The molecule has 1 aromatic heterocycles. The van der Waals surface area contributed by atoms with Crippen molar-refractivity contribution in [1.29, 1.82) is 0 Å². The summed E-state index contributed by atoms with van der Waals surface area (Å²) in [7, 11) is 0. The number of benzene rings is 1. The number of hydrogen-bond donors (Lipinski definition) is 0. The summed E-state index contributed by atoms with van der Waals surface area (Å²) < 4.78 is 5.78. The monoisotopic (exact) mass is 297 g/mol. The minimum absolute atomic E-state index is 0.0105. The zero-order chi connectivity index (χ0) is 15.4. The first-order chi connectivity index (χ1) is 10.7. The molecule has 1 atom stereocenters. The molecule has 0 unspecified atom stereocenters. The first-order valence-corrected chi connectivity index (χ1v) is 7.47. The Bertz CT molecular complexity index is 645. The van der Waals surface area contributed by atoms with Crippen molar-refractivity contribution in [2.45, 2.75) is 25.9 Å². The fourth-order valence-electron chi connectivity index (χ4n) is 2.68. The van der Waals surface area contributed by atoms with Gasteiger partial charge in [0.15, 0.2) is 0 Å². The topological polar surface area (TPSA) is 55.3 Å². The lowest BCUT2D eigenvalue weighted by molar-refractivity contribution is -0.129. The van der Waals surface area contributed by atoms with Gasteiger partial charge in [-0.05, 0) is 12.5 Å². The minimum Gasteiger partial charge on any atom is -0.472 e. The number of ether oxygens (including phenoxy) is 1. The van der Waals surface area contributed by atoms with Gasteiger partial charge in [0.25, 0.3) is 0 Å². The van der Waals surface area contributed by atoms with Crippen LogP contribution in [0.15, 0.2) is 42.9 Å². The van der Waals surface area contributed by atoms with Crippen LogP contribution in [0.5, 0.6) is 5.88 Å². The third-order valence-electron chi connectivity index (χ3n) is 3.78. The Labute approximate surface area is 130 Å².